The Morgan fingerprint density at radius 2 is 2.04 bits per heavy atom. The van der Waals surface area contributed by atoms with Crippen molar-refractivity contribution in [1.29, 1.82) is 0 Å². The van der Waals surface area contributed by atoms with Crippen molar-refractivity contribution >= 4 is 5.96 Å². The number of nitrogens with one attached hydrogen (secondary N) is 2. The van der Waals surface area contributed by atoms with Gasteiger partial charge in [0, 0.05) is 38.1 Å². The Labute approximate surface area is 148 Å². The minimum absolute atomic E-state index is 0.480. The van der Waals surface area contributed by atoms with Crippen LogP contribution in [-0.4, -0.2) is 34.6 Å². The van der Waals surface area contributed by atoms with Crippen molar-refractivity contribution in [2.45, 2.75) is 85.2 Å². The molecule has 0 spiro atoms. The van der Waals surface area contributed by atoms with Gasteiger partial charge >= 0.3 is 0 Å². The van der Waals surface area contributed by atoms with Crippen molar-refractivity contribution in [1.82, 2.24) is 20.2 Å². The van der Waals surface area contributed by atoms with E-state index in [1.165, 1.54) is 32.1 Å². The molecule has 0 aromatic carbocycles. The molecule has 0 amide bonds. The van der Waals surface area contributed by atoms with Gasteiger partial charge in [-0.25, -0.2) is 4.98 Å². The van der Waals surface area contributed by atoms with Crippen LogP contribution >= 0.6 is 0 Å². The van der Waals surface area contributed by atoms with Gasteiger partial charge in [0.1, 0.15) is 5.82 Å². The summed E-state index contributed by atoms with van der Waals surface area (Å²) in [4.78, 5) is 8.96. The van der Waals surface area contributed by atoms with Gasteiger partial charge in [-0.05, 0) is 40.0 Å². The van der Waals surface area contributed by atoms with Crippen LogP contribution in [-0.2, 0) is 6.54 Å². The maximum Gasteiger partial charge on any atom is 0.191 e. The van der Waals surface area contributed by atoms with E-state index in [1.54, 1.807) is 0 Å². The number of rotatable bonds is 12. The highest BCUT2D eigenvalue weighted by Crippen LogP contribution is 2.05. The minimum atomic E-state index is 0.480. The number of aromatic nitrogens is 2. The van der Waals surface area contributed by atoms with E-state index in [0.29, 0.717) is 6.04 Å². The van der Waals surface area contributed by atoms with Crippen LogP contribution in [0.25, 0.3) is 0 Å². The van der Waals surface area contributed by atoms with Crippen LogP contribution in [0.5, 0.6) is 0 Å². The summed E-state index contributed by atoms with van der Waals surface area (Å²) < 4.78 is 2.20. The molecule has 0 radical (unpaired) electrons. The Morgan fingerprint density at radius 3 is 2.71 bits per heavy atom. The number of hydrogen-bond donors (Lipinski definition) is 2. The summed E-state index contributed by atoms with van der Waals surface area (Å²) in [5.41, 5.74) is 0. The van der Waals surface area contributed by atoms with Crippen LogP contribution in [0.2, 0.25) is 0 Å². The highest BCUT2D eigenvalue weighted by molar-refractivity contribution is 5.79. The Kier molecular flexibility index (Phi) is 11.0. The molecule has 0 fully saturated rings. The second kappa shape index (κ2) is 12.8. The zero-order chi connectivity index (χ0) is 17.6. The first-order valence-electron chi connectivity index (χ1n) is 9.70. The normalized spacial score (nSPS) is 13.1. The van der Waals surface area contributed by atoms with E-state index in [0.717, 1.165) is 44.3 Å². The summed E-state index contributed by atoms with van der Waals surface area (Å²) in [6, 6.07) is 0.480. The van der Waals surface area contributed by atoms with Crippen molar-refractivity contribution in [2.24, 2.45) is 4.99 Å². The molecule has 1 unspecified atom stereocenters. The van der Waals surface area contributed by atoms with Gasteiger partial charge in [0.05, 0.1) is 0 Å². The predicted octanol–water partition coefficient (Wildman–Crippen LogP) is 3.89. The number of guanidine groups is 1. The first-order valence-corrected chi connectivity index (χ1v) is 9.70. The molecule has 24 heavy (non-hydrogen) atoms. The van der Waals surface area contributed by atoms with E-state index in [2.05, 4.69) is 41.0 Å². The molecule has 1 heterocycles. The fourth-order valence-electron chi connectivity index (χ4n) is 2.73. The van der Waals surface area contributed by atoms with Gasteiger partial charge < -0.3 is 15.2 Å². The van der Waals surface area contributed by atoms with Gasteiger partial charge in [-0.2, -0.15) is 0 Å². The van der Waals surface area contributed by atoms with E-state index in [1.807, 2.05) is 19.3 Å². The van der Waals surface area contributed by atoms with E-state index >= 15 is 0 Å². The van der Waals surface area contributed by atoms with Crippen molar-refractivity contribution in [3.8, 4) is 0 Å². The smallest absolute Gasteiger partial charge is 0.191 e. The molecular weight excluding hydrogens is 298 g/mol. The molecule has 1 atom stereocenters. The summed E-state index contributed by atoms with van der Waals surface area (Å²) in [5, 5.41) is 6.88. The molecule has 0 saturated heterocycles. The molecule has 1 aromatic rings. The summed E-state index contributed by atoms with van der Waals surface area (Å²) in [6.07, 6.45) is 12.6. The molecule has 0 saturated carbocycles. The quantitative estimate of drug-likeness (QED) is 0.346. The van der Waals surface area contributed by atoms with Gasteiger partial charge in [-0.3, -0.25) is 4.99 Å². The molecule has 0 bridgehead atoms. The van der Waals surface area contributed by atoms with Crippen LogP contribution in [0, 0.1) is 6.92 Å². The Hall–Kier alpha value is -1.52. The lowest BCUT2D eigenvalue weighted by Gasteiger charge is -2.17. The standard InChI is InChI=1S/C19H37N5/c1-5-7-8-9-12-17(3)23-19(20-6-2)22-13-10-11-15-24-16-14-21-18(24)4/h14,16-17H,5-13,15H2,1-4H3,(H2,20,22,23). The molecule has 0 aliphatic carbocycles. The van der Waals surface area contributed by atoms with Crippen molar-refractivity contribution in [3.05, 3.63) is 18.2 Å². The average Bonchev–Trinajstić information content (AvgIpc) is 2.96. The summed E-state index contributed by atoms with van der Waals surface area (Å²) in [7, 11) is 0. The number of nitrogens with zero attached hydrogens (tertiary/aromatic N) is 3. The van der Waals surface area contributed by atoms with Crippen LogP contribution in [0.3, 0.4) is 0 Å². The molecule has 0 aliphatic rings. The highest BCUT2D eigenvalue weighted by Gasteiger charge is 2.04. The van der Waals surface area contributed by atoms with Gasteiger partial charge in [0.25, 0.3) is 0 Å². The Bertz CT molecular complexity index is 452. The number of imidazole rings is 1. The zero-order valence-electron chi connectivity index (χ0n) is 16.1. The second-order valence-electron chi connectivity index (χ2n) is 6.53. The van der Waals surface area contributed by atoms with Gasteiger partial charge in [-0.15, -0.1) is 0 Å². The van der Waals surface area contributed by atoms with Crippen molar-refractivity contribution in [3.63, 3.8) is 0 Å². The monoisotopic (exact) mass is 335 g/mol. The SMILES string of the molecule is CCCCCCC(C)NC(=NCCCCn1ccnc1C)NCC. The fourth-order valence-corrected chi connectivity index (χ4v) is 2.73. The van der Waals surface area contributed by atoms with E-state index < -0.39 is 0 Å². The van der Waals surface area contributed by atoms with Crippen LogP contribution in [0.15, 0.2) is 17.4 Å². The Balaban J connectivity index is 2.24. The lowest BCUT2D eigenvalue weighted by molar-refractivity contribution is 0.536. The molecule has 0 aliphatic heterocycles. The van der Waals surface area contributed by atoms with Crippen LogP contribution in [0.4, 0.5) is 0 Å². The highest BCUT2D eigenvalue weighted by atomic mass is 15.2. The third-order valence-electron chi connectivity index (χ3n) is 4.22. The molecule has 1 aromatic heterocycles. The van der Waals surface area contributed by atoms with Crippen molar-refractivity contribution in [2.75, 3.05) is 13.1 Å². The minimum Gasteiger partial charge on any atom is -0.357 e. The van der Waals surface area contributed by atoms with E-state index in [9.17, 15) is 0 Å². The Morgan fingerprint density at radius 1 is 1.21 bits per heavy atom. The first kappa shape index (κ1) is 20.5. The molecule has 2 N–H and O–H groups in total. The predicted molar refractivity (Wildman–Crippen MR) is 104 cm³/mol. The third-order valence-corrected chi connectivity index (χ3v) is 4.22. The number of aliphatic imine (C=N–C) groups is 1. The summed E-state index contributed by atoms with van der Waals surface area (Å²) >= 11 is 0. The lowest BCUT2D eigenvalue weighted by Crippen LogP contribution is -2.42. The number of aryl methyl sites for hydroxylation is 2. The average molecular weight is 336 g/mol. The zero-order valence-corrected chi connectivity index (χ0v) is 16.1. The largest absolute Gasteiger partial charge is 0.357 e. The summed E-state index contributed by atoms with van der Waals surface area (Å²) in [6.45, 7) is 11.5. The molecule has 1 rings (SSSR count). The van der Waals surface area contributed by atoms with E-state index in [4.69, 9.17) is 4.99 Å². The lowest BCUT2D eigenvalue weighted by atomic mass is 10.1. The van der Waals surface area contributed by atoms with Gasteiger partial charge in [-0.1, -0.05) is 32.6 Å². The van der Waals surface area contributed by atoms with Crippen LogP contribution < -0.4 is 10.6 Å². The van der Waals surface area contributed by atoms with Crippen LogP contribution in [0.1, 0.15) is 71.5 Å². The second-order valence-corrected chi connectivity index (χ2v) is 6.53. The van der Waals surface area contributed by atoms with Gasteiger partial charge in [0.15, 0.2) is 5.96 Å². The molecular formula is C19H37N5. The third kappa shape index (κ3) is 8.94. The molecule has 5 nitrogen and oxygen atoms in total. The van der Waals surface area contributed by atoms with Gasteiger partial charge in [0.2, 0.25) is 0 Å². The molecule has 138 valence electrons. The maximum atomic E-state index is 4.71. The number of unbranched alkanes of at least 4 members (excludes halogenated alkanes) is 4. The molecule has 5 heteroatoms. The fraction of sp³-hybridized carbons (Fsp3) is 0.789. The number of hydrogen-bond acceptors (Lipinski definition) is 2. The maximum absolute atomic E-state index is 4.71. The van der Waals surface area contributed by atoms with Crippen molar-refractivity contribution < 1.29 is 0 Å². The summed E-state index contributed by atoms with van der Waals surface area (Å²) in [5.74, 6) is 2.05. The first-order chi connectivity index (χ1) is 11.7. The topological polar surface area (TPSA) is 54.2 Å². The van der Waals surface area contributed by atoms with E-state index in [-0.39, 0.29) is 0 Å².